The summed E-state index contributed by atoms with van der Waals surface area (Å²) < 4.78 is 5.23. The van der Waals surface area contributed by atoms with Crippen LogP contribution in [0.2, 0.25) is 0 Å². The highest BCUT2D eigenvalue weighted by atomic mass is 16.5. The lowest BCUT2D eigenvalue weighted by atomic mass is 10.2. The Morgan fingerprint density at radius 2 is 1.80 bits per heavy atom. The fourth-order valence-corrected chi connectivity index (χ4v) is 0.959. The molecule has 0 aromatic rings. The van der Waals surface area contributed by atoms with E-state index in [4.69, 9.17) is 4.74 Å². The zero-order valence-electron chi connectivity index (χ0n) is 9.44. The Morgan fingerprint density at radius 1 is 1.07 bits per heavy atom. The van der Waals surface area contributed by atoms with E-state index in [1.165, 1.54) is 0 Å². The second-order valence-corrected chi connectivity index (χ2v) is 2.71. The maximum absolute atomic E-state index is 5.23. The molecule has 15 heavy (non-hydrogen) atoms. The minimum atomic E-state index is 0.769. The summed E-state index contributed by atoms with van der Waals surface area (Å²) in [5.74, 6) is 0.769. The first kappa shape index (κ1) is 13.2. The van der Waals surface area contributed by atoms with Crippen molar-refractivity contribution in [3.63, 3.8) is 0 Å². The fourth-order valence-electron chi connectivity index (χ4n) is 0.959. The molecule has 0 aliphatic rings. The summed E-state index contributed by atoms with van der Waals surface area (Å²) in [6.45, 7) is 9.32. The molecule has 0 bridgehead atoms. The minimum absolute atomic E-state index is 0.769. The molecule has 0 fully saturated rings. The van der Waals surface area contributed by atoms with Crippen molar-refractivity contribution in [1.29, 1.82) is 0 Å². The molecular formula is C14H18O. The van der Waals surface area contributed by atoms with Gasteiger partial charge in [0.05, 0.1) is 7.11 Å². The Labute approximate surface area is 92.5 Å². The number of ether oxygens (including phenoxy) is 1. The van der Waals surface area contributed by atoms with Gasteiger partial charge in [0, 0.05) is 5.57 Å². The lowest BCUT2D eigenvalue weighted by molar-refractivity contribution is 0.304. The van der Waals surface area contributed by atoms with Gasteiger partial charge in [0.1, 0.15) is 5.76 Å². The summed E-state index contributed by atoms with van der Waals surface area (Å²) in [6.07, 6.45) is 14.9. The highest BCUT2D eigenvalue weighted by Crippen LogP contribution is 2.10. The van der Waals surface area contributed by atoms with Gasteiger partial charge in [-0.25, -0.2) is 0 Å². The molecule has 0 saturated heterocycles. The Morgan fingerprint density at radius 3 is 2.27 bits per heavy atom. The van der Waals surface area contributed by atoms with E-state index < -0.39 is 0 Å². The maximum Gasteiger partial charge on any atom is 0.126 e. The van der Waals surface area contributed by atoms with Gasteiger partial charge in [0.15, 0.2) is 0 Å². The van der Waals surface area contributed by atoms with Gasteiger partial charge < -0.3 is 4.74 Å². The summed E-state index contributed by atoms with van der Waals surface area (Å²) >= 11 is 0. The van der Waals surface area contributed by atoms with E-state index in [-0.39, 0.29) is 0 Å². The SMILES string of the molecule is C=C/C=C/C(OC)=C(C=C)\C=C\C=C/C. The lowest BCUT2D eigenvalue weighted by Crippen LogP contribution is -1.86. The molecule has 1 heteroatoms. The molecule has 0 rings (SSSR count). The summed E-state index contributed by atoms with van der Waals surface area (Å²) in [5, 5.41) is 0. The molecule has 0 N–H and O–H groups in total. The quantitative estimate of drug-likeness (QED) is 0.468. The highest BCUT2D eigenvalue weighted by molar-refractivity contribution is 5.38. The van der Waals surface area contributed by atoms with E-state index >= 15 is 0 Å². The van der Waals surface area contributed by atoms with E-state index in [1.807, 2.05) is 43.4 Å². The highest BCUT2D eigenvalue weighted by Gasteiger charge is 1.95. The number of hydrogen-bond acceptors (Lipinski definition) is 1. The molecule has 0 aromatic carbocycles. The summed E-state index contributed by atoms with van der Waals surface area (Å²) in [7, 11) is 1.63. The van der Waals surface area contributed by atoms with Crippen LogP contribution in [-0.4, -0.2) is 7.11 Å². The van der Waals surface area contributed by atoms with E-state index in [0.29, 0.717) is 0 Å². The molecule has 0 radical (unpaired) electrons. The van der Waals surface area contributed by atoms with Crippen molar-refractivity contribution < 1.29 is 4.74 Å². The average Bonchev–Trinajstić information content (AvgIpc) is 2.27. The lowest BCUT2D eigenvalue weighted by Gasteiger charge is -2.03. The van der Waals surface area contributed by atoms with Crippen LogP contribution < -0.4 is 0 Å². The monoisotopic (exact) mass is 202 g/mol. The Hall–Kier alpha value is -1.76. The van der Waals surface area contributed by atoms with Crippen LogP contribution in [0.4, 0.5) is 0 Å². The molecule has 0 saturated carbocycles. The van der Waals surface area contributed by atoms with Crippen LogP contribution in [0.3, 0.4) is 0 Å². The van der Waals surface area contributed by atoms with Crippen molar-refractivity contribution in [2.24, 2.45) is 0 Å². The van der Waals surface area contributed by atoms with Gasteiger partial charge in [-0.1, -0.05) is 55.7 Å². The first-order chi connectivity index (χ1) is 7.29. The van der Waals surface area contributed by atoms with Crippen molar-refractivity contribution in [2.45, 2.75) is 6.92 Å². The Balaban J connectivity index is 4.96. The van der Waals surface area contributed by atoms with E-state index in [9.17, 15) is 0 Å². The number of methoxy groups -OCH3 is 1. The van der Waals surface area contributed by atoms with E-state index in [2.05, 4.69) is 13.2 Å². The molecular weight excluding hydrogens is 184 g/mol. The van der Waals surface area contributed by atoms with Crippen LogP contribution >= 0.6 is 0 Å². The van der Waals surface area contributed by atoms with Crippen LogP contribution in [0.5, 0.6) is 0 Å². The van der Waals surface area contributed by atoms with Crippen molar-refractivity contribution in [3.8, 4) is 0 Å². The standard InChI is InChI=1S/C14H18O/c1-5-8-10-11-13(7-3)14(15-4)12-9-6-2/h5-12H,2-3H2,1,4H3/b8-5-,11-10+,12-9+,14-13+. The van der Waals surface area contributed by atoms with Crippen molar-refractivity contribution in [2.75, 3.05) is 7.11 Å². The number of allylic oxidation sites excluding steroid dienone is 9. The number of hydrogen-bond donors (Lipinski definition) is 0. The molecule has 0 unspecified atom stereocenters. The van der Waals surface area contributed by atoms with Crippen molar-refractivity contribution in [3.05, 3.63) is 73.1 Å². The third-order valence-corrected chi connectivity index (χ3v) is 1.69. The molecule has 0 aliphatic heterocycles. The molecule has 0 aliphatic carbocycles. The summed E-state index contributed by atoms with van der Waals surface area (Å²) in [6, 6.07) is 0. The molecule has 1 nitrogen and oxygen atoms in total. The van der Waals surface area contributed by atoms with E-state index in [0.717, 1.165) is 11.3 Å². The van der Waals surface area contributed by atoms with Crippen LogP contribution in [0.25, 0.3) is 0 Å². The zero-order chi connectivity index (χ0) is 11.5. The van der Waals surface area contributed by atoms with E-state index in [1.54, 1.807) is 19.3 Å². The fraction of sp³-hybridized carbons (Fsp3) is 0.143. The predicted octanol–water partition coefficient (Wildman–Crippen LogP) is 3.95. The van der Waals surface area contributed by atoms with Crippen molar-refractivity contribution >= 4 is 0 Å². The second kappa shape index (κ2) is 8.82. The van der Waals surface area contributed by atoms with Crippen LogP contribution in [-0.2, 0) is 4.74 Å². The van der Waals surface area contributed by atoms with Crippen LogP contribution in [0.15, 0.2) is 73.1 Å². The third kappa shape index (κ3) is 5.53. The summed E-state index contributed by atoms with van der Waals surface area (Å²) in [4.78, 5) is 0. The number of rotatable bonds is 6. The van der Waals surface area contributed by atoms with Gasteiger partial charge in [0.25, 0.3) is 0 Å². The van der Waals surface area contributed by atoms with Gasteiger partial charge in [-0.05, 0) is 13.0 Å². The zero-order valence-corrected chi connectivity index (χ0v) is 9.44. The van der Waals surface area contributed by atoms with Gasteiger partial charge in [0.2, 0.25) is 0 Å². The first-order valence-corrected chi connectivity index (χ1v) is 4.79. The van der Waals surface area contributed by atoms with Crippen LogP contribution in [0, 0.1) is 0 Å². The molecule has 0 atom stereocenters. The average molecular weight is 202 g/mol. The third-order valence-electron chi connectivity index (χ3n) is 1.69. The Bertz CT molecular complexity index is 314. The van der Waals surface area contributed by atoms with Gasteiger partial charge in [-0.15, -0.1) is 0 Å². The topological polar surface area (TPSA) is 9.23 Å². The largest absolute Gasteiger partial charge is 0.496 e. The maximum atomic E-state index is 5.23. The van der Waals surface area contributed by atoms with Gasteiger partial charge in [-0.2, -0.15) is 0 Å². The molecule has 0 aromatic heterocycles. The predicted molar refractivity (Wildman–Crippen MR) is 67.5 cm³/mol. The molecule has 0 amide bonds. The van der Waals surface area contributed by atoms with Gasteiger partial charge >= 0.3 is 0 Å². The van der Waals surface area contributed by atoms with Crippen molar-refractivity contribution in [1.82, 2.24) is 0 Å². The normalized spacial score (nSPS) is 13.5. The molecule has 80 valence electrons. The van der Waals surface area contributed by atoms with Gasteiger partial charge in [-0.3, -0.25) is 0 Å². The molecule has 0 heterocycles. The first-order valence-electron chi connectivity index (χ1n) is 4.79. The molecule has 0 spiro atoms. The summed E-state index contributed by atoms with van der Waals surface area (Å²) in [5.41, 5.74) is 0.939. The Kier molecular flexibility index (Phi) is 7.79. The second-order valence-electron chi connectivity index (χ2n) is 2.71. The smallest absolute Gasteiger partial charge is 0.126 e. The minimum Gasteiger partial charge on any atom is -0.496 e. The van der Waals surface area contributed by atoms with Crippen LogP contribution in [0.1, 0.15) is 6.92 Å².